The van der Waals surface area contributed by atoms with Crippen LogP contribution in [-0.4, -0.2) is 37.1 Å². The molecule has 6 heteroatoms. The van der Waals surface area contributed by atoms with Gasteiger partial charge in [0.1, 0.15) is 5.75 Å². The fraction of sp³-hybridized carbons (Fsp3) is 0.231. The third-order valence-corrected chi connectivity index (χ3v) is 3.25. The van der Waals surface area contributed by atoms with Gasteiger partial charge in [-0.3, -0.25) is 5.32 Å². The molecule has 0 bridgehead atoms. The summed E-state index contributed by atoms with van der Waals surface area (Å²) < 4.78 is 5.18. The zero-order valence-corrected chi connectivity index (χ0v) is 11.8. The van der Waals surface area contributed by atoms with Crippen molar-refractivity contribution in [1.82, 2.24) is 9.88 Å². The lowest BCUT2D eigenvalue weighted by atomic mass is 10.2. The highest BCUT2D eigenvalue weighted by molar-refractivity contribution is 7.14. The number of carbonyl (C=O) groups is 1. The number of hydrogen-bond donors (Lipinski definition) is 1. The molecule has 0 unspecified atom stereocenters. The maximum Gasteiger partial charge on any atom is 0.323 e. The summed E-state index contributed by atoms with van der Waals surface area (Å²) in [7, 11) is 5.00. The Morgan fingerprint density at radius 3 is 2.89 bits per heavy atom. The Morgan fingerprint density at radius 2 is 2.21 bits per heavy atom. The maximum absolute atomic E-state index is 11.5. The molecule has 0 radical (unpaired) electrons. The third kappa shape index (κ3) is 3.23. The van der Waals surface area contributed by atoms with Crippen LogP contribution in [0, 0.1) is 0 Å². The second-order valence-corrected chi connectivity index (χ2v) is 4.95. The quantitative estimate of drug-likeness (QED) is 0.938. The Hall–Kier alpha value is -2.08. The number of anilines is 1. The maximum atomic E-state index is 11.5. The first-order chi connectivity index (χ1) is 9.10. The number of aromatic nitrogens is 1. The molecule has 0 saturated carbocycles. The number of rotatable bonds is 3. The van der Waals surface area contributed by atoms with Gasteiger partial charge in [-0.25, -0.2) is 9.78 Å². The van der Waals surface area contributed by atoms with Crippen LogP contribution in [0.25, 0.3) is 11.3 Å². The van der Waals surface area contributed by atoms with E-state index in [9.17, 15) is 4.79 Å². The number of nitrogens with one attached hydrogen (secondary N) is 1. The molecule has 0 aliphatic rings. The summed E-state index contributed by atoms with van der Waals surface area (Å²) in [6.45, 7) is 0. The standard InChI is InChI=1S/C13H15N3O2S/c1-16(2)13(17)15-12-14-11(8-19-12)9-5-4-6-10(7-9)18-3/h4-8H,1-3H3,(H,14,15,17). The van der Waals surface area contributed by atoms with Crippen molar-refractivity contribution < 1.29 is 9.53 Å². The molecular weight excluding hydrogens is 262 g/mol. The van der Waals surface area contributed by atoms with Gasteiger partial charge in [0.2, 0.25) is 0 Å². The van der Waals surface area contributed by atoms with Gasteiger partial charge in [-0.1, -0.05) is 12.1 Å². The molecule has 1 aromatic carbocycles. The summed E-state index contributed by atoms with van der Waals surface area (Å²) in [5.41, 5.74) is 1.78. The molecule has 0 spiro atoms. The average molecular weight is 277 g/mol. The molecule has 100 valence electrons. The van der Waals surface area contributed by atoms with Crippen molar-refractivity contribution in [2.24, 2.45) is 0 Å². The molecule has 5 nitrogen and oxygen atoms in total. The Bertz CT molecular complexity index is 581. The van der Waals surface area contributed by atoms with Gasteiger partial charge in [0.15, 0.2) is 5.13 Å². The highest BCUT2D eigenvalue weighted by Gasteiger charge is 2.09. The smallest absolute Gasteiger partial charge is 0.323 e. The van der Waals surface area contributed by atoms with E-state index in [-0.39, 0.29) is 6.03 Å². The van der Waals surface area contributed by atoms with E-state index in [0.717, 1.165) is 17.0 Å². The van der Waals surface area contributed by atoms with Crippen LogP contribution in [0.15, 0.2) is 29.6 Å². The lowest BCUT2D eigenvalue weighted by molar-refractivity contribution is 0.230. The molecule has 0 atom stereocenters. The topological polar surface area (TPSA) is 54.5 Å². The van der Waals surface area contributed by atoms with Crippen LogP contribution in [0.2, 0.25) is 0 Å². The van der Waals surface area contributed by atoms with Gasteiger partial charge in [0, 0.05) is 25.0 Å². The minimum Gasteiger partial charge on any atom is -0.497 e. The molecule has 19 heavy (non-hydrogen) atoms. The van der Waals surface area contributed by atoms with Crippen LogP contribution in [0.4, 0.5) is 9.93 Å². The molecule has 0 aliphatic carbocycles. The summed E-state index contributed by atoms with van der Waals surface area (Å²) in [5.74, 6) is 0.782. The van der Waals surface area contributed by atoms with E-state index in [2.05, 4.69) is 10.3 Å². The molecule has 0 aliphatic heterocycles. The van der Waals surface area contributed by atoms with Crippen LogP contribution in [-0.2, 0) is 0 Å². The highest BCUT2D eigenvalue weighted by atomic mass is 32.1. The van der Waals surface area contributed by atoms with E-state index in [1.54, 1.807) is 21.2 Å². The van der Waals surface area contributed by atoms with Crippen LogP contribution < -0.4 is 10.1 Å². The Morgan fingerprint density at radius 1 is 1.42 bits per heavy atom. The van der Waals surface area contributed by atoms with Crippen molar-refractivity contribution in [2.75, 3.05) is 26.5 Å². The normalized spacial score (nSPS) is 10.1. The molecule has 2 aromatic rings. The minimum atomic E-state index is -0.188. The molecular formula is C13H15N3O2S. The minimum absolute atomic E-state index is 0.188. The van der Waals surface area contributed by atoms with Crippen molar-refractivity contribution in [2.45, 2.75) is 0 Å². The lowest BCUT2D eigenvalue weighted by Crippen LogP contribution is -2.27. The second-order valence-electron chi connectivity index (χ2n) is 4.09. The number of thiazole rings is 1. The molecule has 1 heterocycles. The van der Waals surface area contributed by atoms with E-state index < -0.39 is 0 Å². The van der Waals surface area contributed by atoms with Crippen molar-refractivity contribution in [1.29, 1.82) is 0 Å². The predicted molar refractivity (Wildman–Crippen MR) is 76.8 cm³/mol. The first-order valence-electron chi connectivity index (χ1n) is 5.68. The number of ether oxygens (including phenoxy) is 1. The number of amides is 2. The summed E-state index contributed by atoms with van der Waals surface area (Å²) in [6, 6.07) is 7.46. The molecule has 2 rings (SSSR count). The van der Waals surface area contributed by atoms with Gasteiger partial charge in [0.05, 0.1) is 12.8 Å². The fourth-order valence-electron chi connectivity index (χ4n) is 1.45. The molecule has 1 aromatic heterocycles. The van der Waals surface area contributed by atoms with Crippen LogP contribution >= 0.6 is 11.3 Å². The van der Waals surface area contributed by atoms with Gasteiger partial charge in [-0.05, 0) is 12.1 Å². The lowest BCUT2D eigenvalue weighted by Gasteiger charge is -2.09. The van der Waals surface area contributed by atoms with E-state index in [0.29, 0.717) is 5.13 Å². The van der Waals surface area contributed by atoms with Crippen molar-refractivity contribution in [3.63, 3.8) is 0 Å². The van der Waals surface area contributed by atoms with E-state index in [1.807, 2.05) is 29.6 Å². The van der Waals surface area contributed by atoms with Crippen LogP contribution in [0.5, 0.6) is 5.75 Å². The van der Waals surface area contributed by atoms with Crippen molar-refractivity contribution in [3.8, 4) is 17.0 Å². The van der Waals surface area contributed by atoms with Crippen molar-refractivity contribution >= 4 is 22.5 Å². The van der Waals surface area contributed by atoms with Crippen LogP contribution in [0.3, 0.4) is 0 Å². The summed E-state index contributed by atoms with van der Waals surface area (Å²) in [5, 5.41) is 5.21. The molecule has 2 amide bonds. The molecule has 1 N–H and O–H groups in total. The first-order valence-corrected chi connectivity index (χ1v) is 6.56. The molecule has 0 fully saturated rings. The van der Waals surface area contributed by atoms with Gasteiger partial charge in [0.25, 0.3) is 0 Å². The number of nitrogens with zero attached hydrogens (tertiary/aromatic N) is 2. The second kappa shape index (κ2) is 5.71. The zero-order chi connectivity index (χ0) is 13.8. The van der Waals surface area contributed by atoms with Crippen molar-refractivity contribution in [3.05, 3.63) is 29.6 Å². The van der Waals surface area contributed by atoms with E-state index >= 15 is 0 Å². The van der Waals surface area contributed by atoms with Gasteiger partial charge < -0.3 is 9.64 Å². The number of benzene rings is 1. The largest absolute Gasteiger partial charge is 0.497 e. The number of hydrogen-bond acceptors (Lipinski definition) is 4. The monoisotopic (exact) mass is 277 g/mol. The van der Waals surface area contributed by atoms with Gasteiger partial charge in [-0.15, -0.1) is 11.3 Å². The first kappa shape index (κ1) is 13.4. The Balaban J connectivity index is 2.18. The van der Waals surface area contributed by atoms with Crippen LogP contribution in [0.1, 0.15) is 0 Å². The predicted octanol–water partition coefficient (Wildman–Crippen LogP) is 2.91. The van der Waals surface area contributed by atoms with Gasteiger partial charge >= 0.3 is 6.03 Å². The third-order valence-electron chi connectivity index (χ3n) is 2.49. The summed E-state index contributed by atoms with van der Waals surface area (Å²) >= 11 is 1.39. The Labute approximate surface area is 115 Å². The molecule has 0 saturated heterocycles. The van der Waals surface area contributed by atoms with E-state index in [1.165, 1.54) is 16.2 Å². The highest BCUT2D eigenvalue weighted by Crippen LogP contribution is 2.27. The number of methoxy groups -OCH3 is 1. The zero-order valence-electron chi connectivity index (χ0n) is 11.0. The fourth-order valence-corrected chi connectivity index (χ4v) is 2.16. The number of urea groups is 1. The average Bonchev–Trinajstić information content (AvgIpc) is 2.87. The SMILES string of the molecule is COc1cccc(-c2csc(NC(=O)N(C)C)n2)c1. The summed E-state index contributed by atoms with van der Waals surface area (Å²) in [4.78, 5) is 17.4. The number of carbonyl (C=O) groups excluding carboxylic acids is 1. The Kier molecular flexibility index (Phi) is 4.01. The van der Waals surface area contributed by atoms with E-state index in [4.69, 9.17) is 4.74 Å². The summed E-state index contributed by atoms with van der Waals surface area (Å²) in [6.07, 6.45) is 0. The van der Waals surface area contributed by atoms with Gasteiger partial charge in [-0.2, -0.15) is 0 Å².